The molecule has 0 bridgehead atoms. The van der Waals surface area contributed by atoms with Crippen molar-refractivity contribution < 1.29 is 21.9 Å². The summed E-state index contributed by atoms with van der Waals surface area (Å²) in [6.45, 7) is 2.24. The van der Waals surface area contributed by atoms with Gasteiger partial charge in [0.25, 0.3) is 0 Å². The topological polar surface area (TPSA) is 112 Å². The summed E-state index contributed by atoms with van der Waals surface area (Å²) in [5.41, 5.74) is 2.44. The number of unbranched alkanes of at least 4 members (excludes halogenated alkanes) is 1. The van der Waals surface area contributed by atoms with Crippen LogP contribution in [-0.2, 0) is 22.8 Å². The van der Waals surface area contributed by atoms with Gasteiger partial charge in [-0.25, -0.2) is 27.2 Å². The van der Waals surface area contributed by atoms with E-state index in [1.165, 1.54) is 23.1 Å². The predicted octanol–water partition coefficient (Wildman–Crippen LogP) is 6.11. The van der Waals surface area contributed by atoms with Crippen molar-refractivity contribution in [1.82, 2.24) is 24.7 Å². The van der Waals surface area contributed by atoms with Gasteiger partial charge in [0.1, 0.15) is 38.7 Å². The van der Waals surface area contributed by atoms with Crippen molar-refractivity contribution in [1.29, 1.82) is 0 Å². The molecule has 43 heavy (non-hydrogen) atoms. The Balaban J connectivity index is 1.50. The summed E-state index contributed by atoms with van der Waals surface area (Å²) < 4.78 is 60.6. The van der Waals surface area contributed by atoms with Gasteiger partial charge in [0, 0.05) is 59.2 Å². The van der Waals surface area contributed by atoms with Crippen LogP contribution in [0, 0.1) is 11.6 Å². The maximum absolute atomic E-state index is 15.1. The van der Waals surface area contributed by atoms with Crippen LogP contribution in [0.2, 0.25) is 0 Å². The molecule has 0 aliphatic heterocycles. The minimum Gasteiger partial charge on any atom is -0.493 e. The van der Waals surface area contributed by atoms with Gasteiger partial charge < -0.3 is 10.1 Å². The lowest BCUT2D eigenvalue weighted by molar-refractivity contribution is 0.305. The van der Waals surface area contributed by atoms with Crippen molar-refractivity contribution in [2.24, 2.45) is 0 Å². The number of para-hydroxylation sites is 1. The van der Waals surface area contributed by atoms with Crippen LogP contribution in [0.3, 0.4) is 0 Å². The number of halogens is 2. The summed E-state index contributed by atoms with van der Waals surface area (Å²) >= 11 is 0. The van der Waals surface area contributed by atoms with Crippen LogP contribution in [0.5, 0.6) is 5.75 Å². The summed E-state index contributed by atoms with van der Waals surface area (Å²) in [6.07, 6.45) is 8.69. The Morgan fingerprint density at radius 3 is 2.49 bits per heavy atom. The van der Waals surface area contributed by atoms with Crippen molar-refractivity contribution in [2.75, 3.05) is 23.9 Å². The van der Waals surface area contributed by atoms with Crippen molar-refractivity contribution in [2.45, 2.75) is 39.2 Å². The fourth-order valence-electron chi connectivity index (χ4n) is 4.62. The summed E-state index contributed by atoms with van der Waals surface area (Å²) in [4.78, 5) is 13.4. The number of aromatic nitrogens is 5. The Hall–Kier alpha value is -4.45. The second kappa shape index (κ2) is 13.2. The maximum Gasteiger partial charge on any atom is 0.182 e. The number of fused-ring (bicyclic) bond motifs is 1. The van der Waals surface area contributed by atoms with Gasteiger partial charge in [0.2, 0.25) is 0 Å². The molecule has 0 saturated carbocycles. The quantitative estimate of drug-likeness (QED) is 0.160. The van der Waals surface area contributed by atoms with Gasteiger partial charge in [-0.2, -0.15) is 5.10 Å². The predicted molar refractivity (Wildman–Crippen MR) is 162 cm³/mol. The molecule has 9 nitrogen and oxygen atoms in total. The zero-order valence-electron chi connectivity index (χ0n) is 23.9. The van der Waals surface area contributed by atoms with E-state index in [2.05, 4.69) is 15.3 Å². The Morgan fingerprint density at radius 2 is 1.77 bits per heavy atom. The fourth-order valence-corrected chi connectivity index (χ4v) is 5.29. The molecule has 0 aliphatic rings. The van der Waals surface area contributed by atoms with Gasteiger partial charge >= 0.3 is 0 Å². The zero-order valence-corrected chi connectivity index (χ0v) is 24.7. The molecule has 3 aromatic heterocycles. The molecule has 0 amide bonds. The van der Waals surface area contributed by atoms with Gasteiger partial charge in [0.05, 0.1) is 24.4 Å². The van der Waals surface area contributed by atoms with E-state index in [-0.39, 0.29) is 23.6 Å². The van der Waals surface area contributed by atoms with E-state index in [4.69, 9.17) is 14.8 Å². The number of ether oxygens (including phenoxy) is 1. The number of sulfone groups is 1. The smallest absolute Gasteiger partial charge is 0.182 e. The molecule has 0 atom stereocenters. The van der Waals surface area contributed by atoms with Gasteiger partial charge in [-0.1, -0.05) is 31.5 Å². The molecule has 1 N–H and O–H groups in total. The summed E-state index contributed by atoms with van der Waals surface area (Å²) in [6, 6.07) is 13.3. The molecule has 0 saturated heterocycles. The van der Waals surface area contributed by atoms with Gasteiger partial charge in [-0.3, -0.25) is 9.67 Å². The lowest BCUT2D eigenvalue weighted by Crippen LogP contribution is -2.08. The summed E-state index contributed by atoms with van der Waals surface area (Å²) in [7, 11) is -3.12. The minimum absolute atomic E-state index is 0.0391. The van der Waals surface area contributed by atoms with E-state index in [9.17, 15) is 8.42 Å². The van der Waals surface area contributed by atoms with Gasteiger partial charge in [-0.15, -0.1) is 0 Å². The van der Waals surface area contributed by atoms with E-state index in [0.717, 1.165) is 24.1 Å². The van der Waals surface area contributed by atoms with E-state index >= 15 is 8.78 Å². The monoisotopic (exact) mass is 606 g/mol. The first-order chi connectivity index (χ1) is 20.7. The third kappa shape index (κ3) is 7.50. The van der Waals surface area contributed by atoms with Crippen LogP contribution in [0.1, 0.15) is 37.3 Å². The van der Waals surface area contributed by atoms with E-state index in [1.807, 2.05) is 31.2 Å². The molecule has 5 rings (SSSR count). The first kappa shape index (κ1) is 30.0. The number of hydrogen-bond acceptors (Lipinski definition) is 8. The van der Waals surface area contributed by atoms with Gasteiger partial charge in [-0.05, 0) is 37.5 Å². The molecule has 5 aromatic rings. The van der Waals surface area contributed by atoms with Crippen molar-refractivity contribution >= 4 is 32.2 Å². The van der Waals surface area contributed by atoms with Crippen molar-refractivity contribution in [3.05, 3.63) is 89.9 Å². The Morgan fingerprint density at radius 1 is 1.02 bits per heavy atom. The van der Waals surface area contributed by atoms with Crippen LogP contribution >= 0.6 is 0 Å². The fraction of sp³-hybridized carbons (Fsp3) is 0.290. The minimum atomic E-state index is -3.12. The first-order valence-corrected chi connectivity index (χ1v) is 16.0. The Bertz CT molecular complexity index is 1810. The van der Waals surface area contributed by atoms with Crippen LogP contribution in [0.25, 0.3) is 22.4 Å². The summed E-state index contributed by atoms with van der Waals surface area (Å²) in [5, 5.41) is 8.69. The molecule has 0 radical (unpaired) electrons. The molecule has 2 aromatic carbocycles. The molecule has 12 heteroatoms. The molecular weight excluding hydrogens is 574 g/mol. The number of aryl methyl sites for hydroxylation is 1. The van der Waals surface area contributed by atoms with Gasteiger partial charge in [0.15, 0.2) is 5.82 Å². The third-order valence-corrected chi connectivity index (χ3v) is 7.86. The SMILES string of the molecule is CCCCOc1cc(F)c(Cn2nc(-c3ncc(CCCS(C)(=O)=O)c(Nc4ccncc4)n3)c3ccccc32)c(F)c1. The number of benzene rings is 2. The van der Waals surface area contributed by atoms with Crippen LogP contribution in [-0.4, -0.2) is 51.8 Å². The Labute approximate surface area is 248 Å². The molecule has 224 valence electrons. The zero-order chi connectivity index (χ0) is 30.4. The van der Waals surface area contributed by atoms with Crippen LogP contribution in [0.15, 0.2) is 67.1 Å². The van der Waals surface area contributed by atoms with Crippen LogP contribution < -0.4 is 10.1 Å². The third-order valence-electron chi connectivity index (χ3n) is 6.83. The number of nitrogens with zero attached hydrogens (tertiary/aromatic N) is 5. The molecule has 3 heterocycles. The second-order valence-corrected chi connectivity index (χ2v) is 12.5. The Kier molecular flexibility index (Phi) is 9.24. The largest absolute Gasteiger partial charge is 0.493 e. The molecule has 0 unspecified atom stereocenters. The molecule has 0 spiro atoms. The maximum atomic E-state index is 15.1. The number of nitrogens with one attached hydrogen (secondary N) is 1. The van der Waals surface area contributed by atoms with Crippen LogP contribution in [0.4, 0.5) is 20.3 Å². The average molecular weight is 607 g/mol. The van der Waals surface area contributed by atoms with Crippen molar-refractivity contribution in [3.8, 4) is 17.3 Å². The second-order valence-electron chi connectivity index (χ2n) is 10.3. The lowest BCUT2D eigenvalue weighted by atomic mass is 10.1. The molecular formula is C31H32F2N6O3S. The highest BCUT2D eigenvalue weighted by molar-refractivity contribution is 7.90. The lowest BCUT2D eigenvalue weighted by Gasteiger charge is -2.12. The molecule has 0 fully saturated rings. The van der Waals surface area contributed by atoms with E-state index < -0.39 is 21.5 Å². The average Bonchev–Trinajstić information content (AvgIpc) is 3.34. The standard InChI is InChI=1S/C31H32F2N6O3S/c1-3-4-15-42-23-17-26(32)25(27(33)18-23)20-39-28-10-6-5-9-24(28)29(38-39)31-35-19-21(8-7-16-43(2,40)41)30(37-31)36-22-11-13-34-14-12-22/h5-6,9-14,17-19H,3-4,7-8,15-16,20H2,1-2H3,(H,34,35,36,37). The van der Waals surface area contributed by atoms with E-state index in [1.54, 1.807) is 30.7 Å². The number of anilines is 2. The first-order valence-electron chi connectivity index (χ1n) is 14.0. The number of rotatable bonds is 13. The highest BCUT2D eigenvalue weighted by atomic mass is 32.2. The van der Waals surface area contributed by atoms with E-state index in [0.29, 0.717) is 47.7 Å². The normalized spacial score (nSPS) is 11.6. The number of pyridine rings is 1. The number of hydrogen-bond donors (Lipinski definition) is 1. The molecule has 0 aliphatic carbocycles. The summed E-state index contributed by atoms with van der Waals surface area (Å²) in [5.74, 6) is -0.440. The highest BCUT2D eigenvalue weighted by Gasteiger charge is 2.20. The highest BCUT2D eigenvalue weighted by Crippen LogP contribution is 2.30. The van der Waals surface area contributed by atoms with Crippen molar-refractivity contribution in [3.63, 3.8) is 0 Å².